The number of imidazole rings is 1. The van der Waals surface area contributed by atoms with Gasteiger partial charge in [0.25, 0.3) is 5.91 Å². The number of hydrogen-bond donors (Lipinski definition) is 2. The van der Waals surface area contributed by atoms with Crippen molar-refractivity contribution in [2.24, 2.45) is 0 Å². The number of aliphatic hydroxyl groups is 1. The summed E-state index contributed by atoms with van der Waals surface area (Å²) in [6.45, 7) is 5.67. The fourth-order valence-electron chi connectivity index (χ4n) is 4.11. The molecule has 5 rings (SSSR count). The fourth-order valence-corrected chi connectivity index (χ4v) is 4.11. The monoisotopic (exact) mass is 481 g/mol. The van der Waals surface area contributed by atoms with E-state index < -0.39 is 5.60 Å². The molecule has 3 heterocycles. The van der Waals surface area contributed by atoms with Gasteiger partial charge in [-0.1, -0.05) is 30.3 Å². The molecule has 8 nitrogen and oxygen atoms in total. The van der Waals surface area contributed by atoms with Crippen molar-refractivity contribution in [3.8, 4) is 11.3 Å². The maximum atomic E-state index is 12.5. The summed E-state index contributed by atoms with van der Waals surface area (Å²) in [5.41, 5.74) is 7.96. The number of aromatic nitrogens is 4. The molecule has 0 radical (unpaired) electrons. The molecule has 2 aromatic carbocycles. The zero-order chi connectivity index (χ0) is 25.3. The van der Waals surface area contributed by atoms with Crippen LogP contribution in [0.25, 0.3) is 33.3 Å². The lowest BCUT2D eigenvalue weighted by Gasteiger charge is -2.17. The molecule has 0 spiro atoms. The Kier molecular flexibility index (Phi) is 6.22. The van der Waals surface area contributed by atoms with Crippen LogP contribution < -0.4 is 5.48 Å². The minimum Gasteiger partial charge on any atom is -0.388 e. The molecule has 0 saturated carbocycles. The van der Waals surface area contributed by atoms with E-state index in [0.717, 1.165) is 44.5 Å². The molecule has 5 aromatic rings. The third-order valence-electron chi connectivity index (χ3n) is 5.88. The Hall–Kier alpha value is -4.14. The largest absolute Gasteiger partial charge is 0.388 e. The van der Waals surface area contributed by atoms with E-state index in [4.69, 9.17) is 9.82 Å². The molecule has 182 valence electrons. The molecule has 0 unspecified atom stereocenters. The standard InChI is InChI=1S/C28H27N5O3/c1-18-14-20(9-10-22(18)27(34)32-36-16-28(2,3)35)23-11-12-24-26(31-23)33(17-30-24)15-21-7-4-6-19-8-5-13-29-25(19)21/h4-14,17,35H,15-16H2,1-3H3,(H,32,34). The molecule has 2 N–H and O–H groups in total. The highest BCUT2D eigenvalue weighted by Crippen LogP contribution is 2.24. The zero-order valence-corrected chi connectivity index (χ0v) is 20.4. The summed E-state index contributed by atoms with van der Waals surface area (Å²) in [5, 5.41) is 10.8. The third-order valence-corrected chi connectivity index (χ3v) is 5.88. The van der Waals surface area contributed by atoms with E-state index in [1.807, 2.05) is 47.9 Å². The van der Waals surface area contributed by atoms with Crippen LogP contribution in [0.2, 0.25) is 0 Å². The van der Waals surface area contributed by atoms with Gasteiger partial charge in [-0.2, -0.15) is 0 Å². The van der Waals surface area contributed by atoms with Crippen molar-refractivity contribution in [2.75, 3.05) is 6.61 Å². The molecule has 0 aliphatic carbocycles. The number of benzene rings is 2. The Bertz CT molecular complexity index is 1560. The van der Waals surface area contributed by atoms with Crippen LogP contribution in [0, 0.1) is 6.92 Å². The van der Waals surface area contributed by atoms with Crippen LogP contribution in [-0.2, 0) is 11.4 Å². The number of fused-ring (bicyclic) bond motifs is 2. The Balaban J connectivity index is 1.40. The van der Waals surface area contributed by atoms with E-state index >= 15 is 0 Å². The van der Waals surface area contributed by atoms with Crippen LogP contribution in [0.1, 0.15) is 35.3 Å². The smallest absolute Gasteiger partial charge is 0.275 e. The number of hydrogen-bond acceptors (Lipinski definition) is 6. The first-order valence-electron chi connectivity index (χ1n) is 11.7. The number of pyridine rings is 2. The maximum absolute atomic E-state index is 12.5. The van der Waals surface area contributed by atoms with Gasteiger partial charge in [0.2, 0.25) is 0 Å². The number of carbonyl (C=O) groups is 1. The van der Waals surface area contributed by atoms with E-state index in [1.165, 1.54) is 0 Å². The quantitative estimate of drug-likeness (QED) is 0.333. The molecule has 0 saturated heterocycles. The van der Waals surface area contributed by atoms with Gasteiger partial charge >= 0.3 is 0 Å². The molecule has 0 fully saturated rings. The highest BCUT2D eigenvalue weighted by molar-refractivity contribution is 5.95. The van der Waals surface area contributed by atoms with Crippen molar-refractivity contribution in [3.63, 3.8) is 0 Å². The molecule has 36 heavy (non-hydrogen) atoms. The number of nitrogens with zero attached hydrogens (tertiary/aromatic N) is 4. The molecule has 3 aromatic heterocycles. The van der Waals surface area contributed by atoms with Crippen molar-refractivity contribution in [1.29, 1.82) is 0 Å². The second-order valence-electron chi connectivity index (χ2n) is 9.47. The first-order valence-corrected chi connectivity index (χ1v) is 11.7. The maximum Gasteiger partial charge on any atom is 0.275 e. The van der Waals surface area contributed by atoms with Gasteiger partial charge in [-0.15, -0.1) is 0 Å². The van der Waals surface area contributed by atoms with Crippen molar-refractivity contribution < 1.29 is 14.7 Å². The lowest BCUT2D eigenvalue weighted by molar-refractivity contribution is -0.0522. The number of amides is 1. The highest BCUT2D eigenvalue weighted by atomic mass is 16.7. The minimum absolute atomic E-state index is 0.0116. The highest BCUT2D eigenvalue weighted by Gasteiger charge is 2.16. The number of carbonyl (C=O) groups excluding carboxylic acids is 1. The third kappa shape index (κ3) is 4.95. The number of nitrogens with one attached hydrogen (secondary N) is 1. The van der Waals surface area contributed by atoms with Crippen molar-refractivity contribution in [3.05, 3.63) is 89.9 Å². The van der Waals surface area contributed by atoms with Gasteiger partial charge in [0.15, 0.2) is 5.65 Å². The SMILES string of the molecule is Cc1cc(-c2ccc3ncn(Cc4cccc5cccnc45)c3n2)ccc1C(=O)NOCC(C)(C)O. The van der Waals surface area contributed by atoms with Crippen molar-refractivity contribution in [1.82, 2.24) is 25.0 Å². The van der Waals surface area contributed by atoms with Gasteiger partial charge in [0.05, 0.1) is 29.7 Å². The van der Waals surface area contributed by atoms with Crippen molar-refractivity contribution >= 4 is 28.0 Å². The molecule has 0 atom stereocenters. The number of hydroxylamine groups is 1. The molecule has 0 aliphatic rings. The second kappa shape index (κ2) is 9.49. The van der Waals surface area contributed by atoms with Crippen LogP contribution >= 0.6 is 0 Å². The van der Waals surface area contributed by atoms with Crippen LogP contribution in [-0.4, -0.2) is 42.7 Å². The van der Waals surface area contributed by atoms with Crippen LogP contribution in [0.5, 0.6) is 0 Å². The molecule has 1 amide bonds. The van der Waals surface area contributed by atoms with Crippen LogP contribution in [0.4, 0.5) is 0 Å². The van der Waals surface area contributed by atoms with E-state index in [9.17, 15) is 9.90 Å². The first-order chi connectivity index (χ1) is 17.3. The normalized spacial score (nSPS) is 11.8. The predicted molar refractivity (Wildman–Crippen MR) is 138 cm³/mol. The van der Waals surface area contributed by atoms with E-state index in [2.05, 4.69) is 33.6 Å². The Labute approximate surface area is 208 Å². The minimum atomic E-state index is -1.03. The van der Waals surface area contributed by atoms with Gasteiger partial charge in [-0.05, 0) is 62.2 Å². The fraction of sp³-hybridized carbons (Fsp3) is 0.214. The summed E-state index contributed by atoms with van der Waals surface area (Å²) in [6, 6.07) is 19.6. The van der Waals surface area contributed by atoms with Crippen LogP contribution in [0.15, 0.2) is 73.2 Å². The summed E-state index contributed by atoms with van der Waals surface area (Å²) >= 11 is 0. The van der Waals surface area contributed by atoms with Gasteiger partial charge in [-0.25, -0.2) is 15.4 Å². The molecular weight excluding hydrogens is 454 g/mol. The lowest BCUT2D eigenvalue weighted by atomic mass is 10.0. The number of rotatable bonds is 7. The Morgan fingerprint density at radius 1 is 1.08 bits per heavy atom. The molecule has 8 heteroatoms. The Morgan fingerprint density at radius 2 is 1.92 bits per heavy atom. The summed E-state index contributed by atoms with van der Waals surface area (Å²) in [6.07, 6.45) is 3.61. The molecule has 0 bridgehead atoms. The van der Waals surface area contributed by atoms with Gasteiger partial charge in [0.1, 0.15) is 12.1 Å². The molecular formula is C28H27N5O3. The van der Waals surface area contributed by atoms with Gasteiger partial charge in [-0.3, -0.25) is 14.6 Å². The first kappa shape index (κ1) is 23.6. The van der Waals surface area contributed by atoms with Crippen LogP contribution in [0.3, 0.4) is 0 Å². The molecule has 0 aliphatic heterocycles. The summed E-state index contributed by atoms with van der Waals surface area (Å²) < 4.78 is 2.02. The Morgan fingerprint density at radius 3 is 2.72 bits per heavy atom. The average Bonchev–Trinajstić information content (AvgIpc) is 3.25. The van der Waals surface area contributed by atoms with Gasteiger partial charge < -0.3 is 9.67 Å². The summed E-state index contributed by atoms with van der Waals surface area (Å²) in [5.74, 6) is -0.367. The topological polar surface area (TPSA) is 102 Å². The lowest BCUT2D eigenvalue weighted by Crippen LogP contribution is -2.33. The summed E-state index contributed by atoms with van der Waals surface area (Å²) in [4.78, 5) is 31.6. The van der Waals surface area contributed by atoms with E-state index in [0.29, 0.717) is 12.1 Å². The number of para-hydroxylation sites is 1. The summed E-state index contributed by atoms with van der Waals surface area (Å²) in [7, 11) is 0. The van der Waals surface area contributed by atoms with E-state index in [1.54, 1.807) is 32.4 Å². The second-order valence-corrected chi connectivity index (χ2v) is 9.47. The predicted octanol–water partition coefficient (Wildman–Crippen LogP) is 4.44. The zero-order valence-electron chi connectivity index (χ0n) is 20.4. The van der Waals surface area contributed by atoms with E-state index in [-0.39, 0.29) is 12.5 Å². The van der Waals surface area contributed by atoms with Gasteiger partial charge in [0, 0.05) is 22.7 Å². The van der Waals surface area contributed by atoms with Crippen molar-refractivity contribution in [2.45, 2.75) is 32.9 Å². The number of aryl methyl sites for hydroxylation is 1. The average molecular weight is 482 g/mol.